The smallest absolute Gasteiger partial charge is 0.169 e. The van der Waals surface area contributed by atoms with Crippen LogP contribution in [0.1, 0.15) is 34.3 Å². The van der Waals surface area contributed by atoms with E-state index in [9.17, 15) is 13.6 Å². The quantitative estimate of drug-likeness (QED) is 0.757. The first-order valence-corrected chi connectivity index (χ1v) is 9.37. The molecule has 2 atom stereocenters. The minimum atomic E-state index is -0.864. The number of nitrogens with zero attached hydrogens (tertiary/aromatic N) is 2. The Bertz CT molecular complexity index is 912. The predicted molar refractivity (Wildman–Crippen MR) is 98.5 cm³/mol. The Hall–Kier alpha value is -2.62. The second-order valence-corrected chi connectivity index (χ2v) is 7.46. The van der Waals surface area contributed by atoms with Crippen molar-refractivity contribution in [3.8, 4) is 6.07 Å². The van der Waals surface area contributed by atoms with Gasteiger partial charge in [0.25, 0.3) is 0 Å². The van der Waals surface area contributed by atoms with Crippen LogP contribution < -0.4 is 0 Å². The summed E-state index contributed by atoms with van der Waals surface area (Å²) in [6, 6.07) is 13.5. The van der Waals surface area contributed by atoms with Crippen molar-refractivity contribution in [3.05, 3.63) is 70.8 Å². The van der Waals surface area contributed by atoms with E-state index in [1.54, 1.807) is 6.07 Å². The molecule has 2 aromatic carbocycles. The highest BCUT2D eigenvalue weighted by atomic mass is 19.1. The summed E-state index contributed by atoms with van der Waals surface area (Å²) in [5, 5.41) is 8.82. The Kier molecular flexibility index (Phi) is 5.21. The molecule has 0 aromatic heterocycles. The SMILES string of the molecule is N#Cc1cc(F)c(C(=O)C2CC3COCC(C2)N3Cc2ccccc2)cc1F. The first-order valence-electron chi connectivity index (χ1n) is 9.37. The molecule has 0 aliphatic carbocycles. The Morgan fingerprint density at radius 3 is 2.43 bits per heavy atom. The molecule has 28 heavy (non-hydrogen) atoms. The number of nitriles is 1. The van der Waals surface area contributed by atoms with Gasteiger partial charge in [0.15, 0.2) is 5.78 Å². The van der Waals surface area contributed by atoms with Crippen LogP contribution in [-0.2, 0) is 11.3 Å². The van der Waals surface area contributed by atoms with Gasteiger partial charge in [-0.25, -0.2) is 8.78 Å². The van der Waals surface area contributed by atoms with Gasteiger partial charge in [0.05, 0.1) is 24.3 Å². The van der Waals surface area contributed by atoms with Gasteiger partial charge >= 0.3 is 0 Å². The average Bonchev–Trinajstić information content (AvgIpc) is 2.69. The van der Waals surface area contributed by atoms with Crippen LogP contribution in [0.15, 0.2) is 42.5 Å². The van der Waals surface area contributed by atoms with Crippen molar-refractivity contribution in [2.45, 2.75) is 31.5 Å². The molecular formula is C22H20F2N2O2. The molecule has 2 heterocycles. The number of ether oxygens (including phenoxy) is 1. The number of carbonyl (C=O) groups excluding carboxylic acids is 1. The van der Waals surface area contributed by atoms with Crippen molar-refractivity contribution < 1.29 is 18.3 Å². The van der Waals surface area contributed by atoms with Crippen LogP contribution >= 0.6 is 0 Å². The highest BCUT2D eigenvalue weighted by Crippen LogP contribution is 2.35. The summed E-state index contributed by atoms with van der Waals surface area (Å²) in [6.45, 7) is 1.83. The van der Waals surface area contributed by atoms with Crippen LogP contribution in [-0.4, -0.2) is 36.0 Å². The highest BCUT2D eigenvalue weighted by Gasteiger charge is 2.41. The van der Waals surface area contributed by atoms with E-state index in [-0.39, 0.29) is 23.6 Å². The van der Waals surface area contributed by atoms with Gasteiger partial charge in [0.1, 0.15) is 17.7 Å². The van der Waals surface area contributed by atoms with Gasteiger partial charge < -0.3 is 4.74 Å². The monoisotopic (exact) mass is 382 g/mol. The van der Waals surface area contributed by atoms with E-state index < -0.39 is 23.0 Å². The number of fused-ring (bicyclic) bond motifs is 2. The second kappa shape index (κ2) is 7.78. The first-order chi connectivity index (χ1) is 13.6. The van der Waals surface area contributed by atoms with Gasteiger partial charge in [0, 0.05) is 24.5 Å². The van der Waals surface area contributed by atoms with Gasteiger partial charge in [0.2, 0.25) is 0 Å². The molecule has 2 bridgehead atoms. The molecule has 144 valence electrons. The third-order valence-electron chi connectivity index (χ3n) is 5.69. The number of ketones is 1. The predicted octanol–water partition coefficient (Wildman–Crippen LogP) is 3.70. The molecular weight excluding hydrogens is 362 g/mol. The van der Waals surface area contributed by atoms with Crippen LogP contribution in [0.3, 0.4) is 0 Å². The molecule has 2 saturated heterocycles. The maximum absolute atomic E-state index is 14.3. The summed E-state index contributed by atoms with van der Waals surface area (Å²) < 4.78 is 33.9. The summed E-state index contributed by atoms with van der Waals surface area (Å²) in [6.07, 6.45) is 1.09. The number of Topliss-reactive ketones (excluding diaryl/α,β-unsaturated/α-hetero) is 1. The molecule has 4 rings (SSSR count). The minimum absolute atomic E-state index is 0.0629. The van der Waals surface area contributed by atoms with E-state index in [4.69, 9.17) is 10.00 Å². The third-order valence-corrected chi connectivity index (χ3v) is 5.69. The van der Waals surface area contributed by atoms with E-state index in [0.29, 0.717) is 26.1 Å². The molecule has 2 aliphatic rings. The van der Waals surface area contributed by atoms with Crippen molar-refractivity contribution in [1.29, 1.82) is 5.26 Å². The minimum Gasteiger partial charge on any atom is -0.378 e. The Labute approximate surface area is 162 Å². The number of carbonyl (C=O) groups is 1. The number of hydrogen-bond donors (Lipinski definition) is 0. The standard InChI is InChI=1S/C22H20F2N2O2/c23-20-9-19(21(24)8-16(20)10-25)22(27)15-6-17-12-28-13-18(7-15)26(17)11-14-4-2-1-3-5-14/h1-5,8-9,15,17-18H,6-7,11-13H2. The van der Waals surface area contributed by atoms with E-state index in [2.05, 4.69) is 17.0 Å². The van der Waals surface area contributed by atoms with E-state index >= 15 is 0 Å². The fourth-order valence-corrected chi connectivity index (χ4v) is 4.30. The Balaban J connectivity index is 1.53. The van der Waals surface area contributed by atoms with Crippen molar-refractivity contribution in [2.75, 3.05) is 13.2 Å². The van der Waals surface area contributed by atoms with Crippen molar-refractivity contribution in [1.82, 2.24) is 4.90 Å². The lowest BCUT2D eigenvalue weighted by atomic mass is 9.80. The molecule has 2 fully saturated rings. The Morgan fingerprint density at radius 1 is 1.11 bits per heavy atom. The maximum Gasteiger partial charge on any atom is 0.169 e. The number of rotatable bonds is 4. The molecule has 0 spiro atoms. The van der Waals surface area contributed by atoms with E-state index in [1.165, 1.54) is 5.56 Å². The number of morpholine rings is 1. The van der Waals surface area contributed by atoms with E-state index in [1.807, 2.05) is 18.2 Å². The molecule has 2 aromatic rings. The highest BCUT2D eigenvalue weighted by molar-refractivity contribution is 5.98. The molecule has 0 N–H and O–H groups in total. The van der Waals surface area contributed by atoms with Gasteiger partial charge in [-0.3, -0.25) is 9.69 Å². The summed E-state index contributed by atoms with van der Waals surface area (Å²) >= 11 is 0. The largest absolute Gasteiger partial charge is 0.378 e. The lowest BCUT2D eigenvalue weighted by Crippen LogP contribution is -2.57. The number of piperidine rings is 1. The lowest BCUT2D eigenvalue weighted by molar-refractivity contribution is -0.0873. The summed E-state index contributed by atoms with van der Waals surface area (Å²) in [5.74, 6) is -2.47. The molecule has 0 radical (unpaired) electrons. The fourth-order valence-electron chi connectivity index (χ4n) is 4.30. The summed E-state index contributed by atoms with van der Waals surface area (Å²) in [5.41, 5.74) is 0.540. The molecule has 2 unspecified atom stereocenters. The van der Waals surface area contributed by atoms with Crippen LogP contribution in [0, 0.1) is 28.9 Å². The summed E-state index contributed by atoms with van der Waals surface area (Å²) in [7, 11) is 0. The van der Waals surface area contributed by atoms with Gasteiger partial charge in [-0.15, -0.1) is 0 Å². The number of halogens is 2. The Morgan fingerprint density at radius 2 is 1.79 bits per heavy atom. The topological polar surface area (TPSA) is 53.3 Å². The molecule has 0 amide bonds. The van der Waals surface area contributed by atoms with Gasteiger partial charge in [-0.2, -0.15) is 5.26 Å². The van der Waals surface area contributed by atoms with Crippen molar-refractivity contribution in [2.24, 2.45) is 5.92 Å². The van der Waals surface area contributed by atoms with Crippen LogP contribution in [0.25, 0.3) is 0 Å². The molecule has 4 nitrogen and oxygen atoms in total. The second-order valence-electron chi connectivity index (χ2n) is 7.46. The van der Waals surface area contributed by atoms with Gasteiger partial charge in [-0.05, 0) is 30.5 Å². The van der Waals surface area contributed by atoms with E-state index in [0.717, 1.165) is 18.7 Å². The zero-order chi connectivity index (χ0) is 19.7. The molecule has 6 heteroatoms. The molecule has 2 aliphatic heterocycles. The van der Waals surface area contributed by atoms with Crippen LogP contribution in [0.5, 0.6) is 0 Å². The van der Waals surface area contributed by atoms with Crippen LogP contribution in [0.4, 0.5) is 8.78 Å². The van der Waals surface area contributed by atoms with Gasteiger partial charge in [-0.1, -0.05) is 30.3 Å². The van der Waals surface area contributed by atoms with Crippen LogP contribution in [0.2, 0.25) is 0 Å². The zero-order valence-electron chi connectivity index (χ0n) is 15.3. The zero-order valence-corrected chi connectivity index (χ0v) is 15.3. The average molecular weight is 382 g/mol. The van der Waals surface area contributed by atoms with Crippen molar-refractivity contribution in [3.63, 3.8) is 0 Å². The summed E-state index contributed by atoms with van der Waals surface area (Å²) in [4.78, 5) is 15.3. The maximum atomic E-state index is 14.3. The first kappa shape index (κ1) is 18.7. The number of benzene rings is 2. The normalized spacial score (nSPS) is 24.5. The fraction of sp³-hybridized carbons (Fsp3) is 0.364. The number of hydrogen-bond acceptors (Lipinski definition) is 4. The lowest BCUT2D eigenvalue weighted by Gasteiger charge is -2.48. The van der Waals surface area contributed by atoms with Crippen molar-refractivity contribution >= 4 is 5.78 Å². The third kappa shape index (κ3) is 3.56. The molecule has 0 saturated carbocycles.